The Bertz CT molecular complexity index is 1240. The van der Waals surface area contributed by atoms with Crippen LogP contribution in [0.25, 0.3) is 0 Å². The van der Waals surface area contributed by atoms with Gasteiger partial charge in [0, 0.05) is 19.3 Å². The first kappa shape index (κ1) is 62.8. The van der Waals surface area contributed by atoms with Crippen LogP contribution >= 0.6 is 0 Å². The minimum atomic E-state index is -0.780. The maximum absolute atomic E-state index is 12.8. The van der Waals surface area contributed by atoms with Gasteiger partial charge >= 0.3 is 17.9 Å². The second-order valence-corrected chi connectivity index (χ2v) is 18.5. The minimum Gasteiger partial charge on any atom is -0.462 e. The molecule has 0 N–H and O–H groups in total. The van der Waals surface area contributed by atoms with Crippen molar-refractivity contribution in [1.29, 1.82) is 0 Å². The normalized spacial score (nSPS) is 12.6. The minimum absolute atomic E-state index is 0.0815. The van der Waals surface area contributed by atoms with Crippen LogP contribution in [0, 0.1) is 0 Å². The molecule has 0 aromatic heterocycles. The van der Waals surface area contributed by atoms with Crippen molar-refractivity contribution in [2.75, 3.05) is 13.2 Å². The number of hydrogen-bond acceptors (Lipinski definition) is 6. The number of allylic oxidation sites excluding steroid dienone is 12. The van der Waals surface area contributed by atoms with E-state index in [2.05, 4.69) is 93.7 Å². The Hall–Kier alpha value is -3.15. The Balaban J connectivity index is 4.30. The molecule has 0 aromatic rings. The Morgan fingerprint density at radius 2 is 0.621 bits per heavy atom. The Morgan fingerprint density at radius 3 is 1.00 bits per heavy atom. The van der Waals surface area contributed by atoms with Crippen molar-refractivity contribution in [3.8, 4) is 0 Å². The highest BCUT2D eigenvalue weighted by Crippen LogP contribution is 2.16. The number of carbonyl (C=O) groups is 3. The van der Waals surface area contributed by atoms with Gasteiger partial charge in [0.1, 0.15) is 13.2 Å². The topological polar surface area (TPSA) is 78.9 Å². The highest BCUT2D eigenvalue weighted by molar-refractivity contribution is 5.71. The quantitative estimate of drug-likeness (QED) is 0.0262. The van der Waals surface area contributed by atoms with Gasteiger partial charge in [0.15, 0.2) is 6.10 Å². The molecular weight excluding hydrogens is 817 g/mol. The van der Waals surface area contributed by atoms with Crippen LogP contribution in [-0.4, -0.2) is 37.2 Å². The zero-order valence-corrected chi connectivity index (χ0v) is 43.4. The van der Waals surface area contributed by atoms with E-state index in [-0.39, 0.29) is 31.1 Å². The van der Waals surface area contributed by atoms with Crippen molar-refractivity contribution in [3.05, 3.63) is 72.9 Å². The molecule has 1 unspecified atom stereocenters. The van der Waals surface area contributed by atoms with E-state index in [1.165, 1.54) is 122 Å². The summed E-state index contributed by atoms with van der Waals surface area (Å²) < 4.78 is 16.8. The molecule has 66 heavy (non-hydrogen) atoms. The summed E-state index contributed by atoms with van der Waals surface area (Å²) in [5, 5.41) is 0. The summed E-state index contributed by atoms with van der Waals surface area (Å²) in [7, 11) is 0. The number of ether oxygens (including phenoxy) is 3. The predicted molar refractivity (Wildman–Crippen MR) is 284 cm³/mol. The first-order chi connectivity index (χ1) is 32.5. The van der Waals surface area contributed by atoms with Crippen LogP contribution in [0.2, 0.25) is 0 Å². The molecular formula is C60H104O6. The second-order valence-electron chi connectivity index (χ2n) is 18.5. The van der Waals surface area contributed by atoms with E-state index in [0.29, 0.717) is 19.3 Å². The number of unbranched alkanes of at least 4 members (excludes halogenated alkanes) is 27. The molecule has 0 saturated carbocycles. The second kappa shape index (κ2) is 54.5. The Labute approximate surface area is 408 Å². The van der Waals surface area contributed by atoms with Crippen molar-refractivity contribution in [1.82, 2.24) is 0 Å². The summed E-state index contributed by atoms with van der Waals surface area (Å²) in [5.74, 6) is -0.895. The molecule has 0 bridgehead atoms. The van der Waals surface area contributed by atoms with E-state index in [1.807, 2.05) is 0 Å². The van der Waals surface area contributed by atoms with Gasteiger partial charge in [-0.2, -0.15) is 0 Å². The van der Waals surface area contributed by atoms with Gasteiger partial charge in [0.05, 0.1) is 0 Å². The maximum atomic E-state index is 12.8. The lowest BCUT2D eigenvalue weighted by atomic mass is 10.0. The standard InChI is InChI=1S/C60H104O6/c1-4-7-10-13-16-19-22-24-26-27-28-29-30-31-32-33-35-36-38-41-44-47-50-53-59(62)65-56-57(55-64-58(61)52-49-46-43-40-21-18-15-12-9-6-3)66-60(63)54-51-48-45-42-39-37-34-25-23-20-17-14-11-8-5-2/h7,10,12,15-16,19,24,26,28-29,31-32,57H,4-6,8-9,11,13-14,17-18,20-23,25,27,30,33-56H2,1-3H3/b10-7-,15-12-,19-16-,26-24-,29-28-,32-31-. The van der Waals surface area contributed by atoms with Crippen LogP contribution < -0.4 is 0 Å². The van der Waals surface area contributed by atoms with Crippen LogP contribution in [-0.2, 0) is 28.6 Å². The summed E-state index contributed by atoms with van der Waals surface area (Å²) in [6, 6.07) is 0. The zero-order valence-electron chi connectivity index (χ0n) is 43.4. The Morgan fingerprint density at radius 1 is 0.318 bits per heavy atom. The van der Waals surface area contributed by atoms with E-state index < -0.39 is 6.10 Å². The average Bonchev–Trinajstić information content (AvgIpc) is 3.31. The van der Waals surface area contributed by atoms with Crippen molar-refractivity contribution in [2.24, 2.45) is 0 Å². The molecule has 0 spiro atoms. The molecule has 0 aromatic carbocycles. The van der Waals surface area contributed by atoms with Gasteiger partial charge in [0.25, 0.3) is 0 Å². The molecule has 0 saturated heterocycles. The van der Waals surface area contributed by atoms with Gasteiger partial charge in [-0.1, -0.05) is 241 Å². The van der Waals surface area contributed by atoms with Crippen LogP contribution in [0.3, 0.4) is 0 Å². The van der Waals surface area contributed by atoms with Gasteiger partial charge in [0.2, 0.25) is 0 Å². The third kappa shape index (κ3) is 51.8. The monoisotopic (exact) mass is 921 g/mol. The lowest BCUT2D eigenvalue weighted by molar-refractivity contribution is -0.167. The molecule has 380 valence electrons. The van der Waals surface area contributed by atoms with E-state index in [4.69, 9.17) is 14.2 Å². The number of esters is 3. The molecule has 0 aliphatic heterocycles. The SMILES string of the molecule is CC/C=C\C/C=C\C/C=C\C/C=C\C/C=C\CCCCCCCCCC(=O)OCC(COC(=O)CCCCCCC/C=C\CCC)OC(=O)CCCCCCCCCCCCCCCCC. The number of rotatable bonds is 50. The van der Waals surface area contributed by atoms with Crippen molar-refractivity contribution in [3.63, 3.8) is 0 Å². The molecule has 0 aliphatic carbocycles. The van der Waals surface area contributed by atoms with Crippen molar-refractivity contribution < 1.29 is 28.6 Å². The van der Waals surface area contributed by atoms with Crippen LogP contribution in [0.15, 0.2) is 72.9 Å². The Kier molecular flexibility index (Phi) is 51.9. The maximum Gasteiger partial charge on any atom is 0.306 e. The molecule has 6 nitrogen and oxygen atoms in total. The molecule has 0 heterocycles. The fourth-order valence-electron chi connectivity index (χ4n) is 7.77. The predicted octanol–water partition coefficient (Wildman–Crippen LogP) is 18.6. The van der Waals surface area contributed by atoms with Gasteiger partial charge < -0.3 is 14.2 Å². The van der Waals surface area contributed by atoms with E-state index >= 15 is 0 Å². The molecule has 0 amide bonds. The fraction of sp³-hybridized carbons (Fsp3) is 0.750. The summed E-state index contributed by atoms with van der Waals surface area (Å²) in [4.78, 5) is 38.0. The summed E-state index contributed by atoms with van der Waals surface area (Å²) >= 11 is 0. The summed E-state index contributed by atoms with van der Waals surface area (Å²) in [5.41, 5.74) is 0. The summed E-state index contributed by atoms with van der Waals surface area (Å²) in [6.07, 6.45) is 68.9. The van der Waals surface area contributed by atoms with E-state index in [1.54, 1.807) is 0 Å². The smallest absolute Gasteiger partial charge is 0.306 e. The summed E-state index contributed by atoms with van der Waals surface area (Å²) in [6.45, 7) is 6.46. The first-order valence-electron chi connectivity index (χ1n) is 27.9. The molecule has 0 aliphatic rings. The zero-order chi connectivity index (χ0) is 47.9. The fourth-order valence-corrected chi connectivity index (χ4v) is 7.77. The average molecular weight is 921 g/mol. The third-order valence-electron chi connectivity index (χ3n) is 11.9. The molecule has 0 radical (unpaired) electrons. The van der Waals surface area contributed by atoms with Crippen molar-refractivity contribution in [2.45, 2.75) is 277 Å². The van der Waals surface area contributed by atoms with Crippen LogP contribution in [0.5, 0.6) is 0 Å². The highest BCUT2D eigenvalue weighted by atomic mass is 16.6. The van der Waals surface area contributed by atoms with Gasteiger partial charge in [-0.25, -0.2) is 0 Å². The molecule has 0 rings (SSSR count). The third-order valence-corrected chi connectivity index (χ3v) is 11.9. The van der Waals surface area contributed by atoms with Gasteiger partial charge in [-0.15, -0.1) is 0 Å². The van der Waals surface area contributed by atoms with Crippen LogP contribution in [0.1, 0.15) is 271 Å². The van der Waals surface area contributed by atoms with Crippen LogP contribution in [0.4, 0.5) is 0 Å². The number of carbonyl (C=O) groups excluding carboxylic acids is 3. The molecule has 1 atom stereocenters. The van der Waals surface area contributed by atoms with Gasteiger partial charge in [-0.05, 0) is 83.5 Å². The lowest BCUT2D eigenvalue weighted by Crippen LogP contribution is -2.30. The van der Waals surface area contributed by atoms with E-state index in [9.17, 15) is 14.4 Å². The first-order valence-corrected chi connectivity index (χ1v) is 27.9. The van der Waals surface area contributed by atoms with E-state index in [0.717, 1.165) is 109 Å². The highest BCUT2D eigenvalue weighted by Gasteiger charge is 2.19. The molecule has 0 fully saturated rings. The van der Waals surface area contributed by atoms with Crippen molar-refractivity contribution >= 4 is 17.9 Å². The van der Waals surface area contributed by atoms with Gasteiger partial charge in [-0.3, -0.25) is 14.4 Å². The lowest BCUT2D eigenvalue weighted by Gasteiger charge is -2.18. The largest absolute Gasteiger partial charge is 0.462 e. The molecule has 6 heteroatoms. The number of hydrogen-bond donors (Lipinski definition) is 0.